The van der Waals surface area contributed by atoms with Gasteiger partial charge in [-0.1, -0.05) is 6.58 Å². The van der Waals surface area contributed by atoms with Gasteiger partial charge in [-0.05, 0) is 0 Å². The quantitative estimate of drug-likeness (QED) is 0.228. The predicted molar refractivity (Wildman–Crippen MR) is 44.5 cm³/mol. The van der Waals surface area contributed by atoms with E-state index in [1.54, 1.807) is 0 Å². The van der Waals surface area contributed by atoms with Crippen LogP contribution in [0.15, 0.2) is 28.9 Å². The van der Waals surface area contributed by atoms with Crippen LogP contribution in [-0.4, -0.2) is 5.84 Å². The fourth-order valence-corrected chi connectivity index (χ4v) is 0.363. The highest BCUT2D eigenvalue weighted by Gasteiger charge is 1.99. The number of hydrogen-bond donors (Lipinski definition) is 5. The molecule has 0 aliphatic heterocycles. The highest BCUT2D eigenvalue weighted by atomic mass is 15.0. The van der Waals surface area contributed by atoms with Crippen LogP contribution < -0.4 is 28.7 Å². The van der Waals surface area contributed by atoms with Crippen LogP contribution in [0.1, 0.15) is 0 Å². The predicted octanol–water partition coefficient (Wildman–Crippen LogP) is -2.18. The van der Waals surface area contributed by atoms with Gasteiger partial charge in [-0.3, -0.25) is 0 Å². The number of nitrogens with zero attached hydrogens (tertiary/aromatic N) is 1. The Morgan fingerprint density at radius 1 is 1.00 bits per heavy atom. The molecule has 6 nitrogen and oxygen atoms in total. The normalized spacial score (nSPS) is 10.7. The molecule has 0 spiro atoms. The minimum absolute atomic E-state index is 0.0107. The van der Waals surface area contributed by atoms with Crippen LogP contribution in [0.3, 0.4) is 0 Å². The average molecular weight is 156 g/mol. The van der Waals surface area contributed by atoms with Gasteiger partial charge in [-0.2, -0.15) is 0 Å². The summed E-state index contributed by atoms with van der Waals surface area (Å²) in [6.45, 7) is 3.29. The maximum atomic E-state index is 5.29. The number of amidine groups is 1. The smallest absolute Gasteiger partial charge is 0.152 e. The third kappa shape index (κ3) is 2.99. The number of rotatable bonds is 2. The van der Waals surface area contributed by atoms with Crippen molar-refractivity contribution < 1.29 is 0 Å². The molecule has 0 aromatic carbocycles. The second kappa shape index (κ2) is 3.35. The molecule has 62 valence electrons. The molecule has 0 aromatic rings. The summed E-state index contributed by atoms with van der Waals surface area (Å²) in [4.78, 5) is 3.53. The molecule has 0 rings (SSSR count). The zero-order valence-electron chi connectivity index (χ0n) is 6.04. The topological polar surface area (TPSA) is 142 Å². The maximum Gasteiger partial charge on any atom is 0.152 e. The van der Waals surface area contributed by atoms with Crippen molar-refractivity contribution in [2.45, 2.75) is 0 Å². The summed E-state index contributed by atoms with van der Waals surface area (Å²) in [5.74, 6) is -0.0725. The first kappa shape index (κ1) is 9.15. The monoisotopic (exact) mass is 156 g/mol. The lowest BCUT2D eigenvalue weighted by atomic mass is 10.4. The van der Waals surface area contributed by atoms with Crippen molar-refractivity contribution in [2.75, 3.05) is 0 Å². The Labute approximate surface area is 64.4 Å². The van der Waals surface area contributed by atoms with Gasteiger partial charge >= 0.3 is 0 Å². The molecule has 0 aliphatic rings. The van der Waals surface area contributed by atoms with E-state index in [9.17, 15) is 0 Å². The van der Waals surface area contributed by atoms with Crippen molar-refractivity contribution in [3.05, 3.63) is 23.9 Å². The second-order valence-electron chi connectivity index (χ2n) is 1.86. The Kier molecular flexibility index (Phi) is 2.79. The molecular formula is C5H12N6. The first-order valence-corrected chi connectivity index (χ1v) is 2.74. The van der Waals surface area contributed by atoms with Crippen LogP contribution in [0.5, 0.6) is 0 Å². The van der Waals surface area contributed by atoms with Crippen LogP contribution in [0.25, 0.3) is 0 Å². The first-order chi connectivity index (χ1) is 4.95. The summed E-state index contributed by atoms with van der Waals surface area (Å²) >= 11 is 0. The van der Waals surface area contributed by atoms with Gasteiger partial charge in [0.25, 0.3) is 0 Å². The van der Waals surface area contributed by atoms with E-state index in [1.165, 1.54) is 0 Å². The van der Waals surface area contributed by atoms with Crippen molar-refractivity contribution in [3.8, 4) is 0 Å². The fourth-order valence-electron chi connectivity index (χ4n) is 0.363. The van der Waals surface area contributed by atoms with Gasteiger partial charge in [0.1, 0.15) is 17.3 Å². The van der Waals surface area contributed by atoms with Crippen molar-refractivity contribution in [3.63, 3.8) is 0 Å². The standard InChI is InChI=1S/C5H12N6/c1-2(6)11-5(10)3(7)4(8)9/h1,6-9H2,(H2,10,11). The van der Waals surface area contributed by atoms with Crippen molar-refractivity contribution in [1.82, 2.24) is 0 Å². The van der Waals surface area contributed by atoms with Crippen LogP contribution in [0.2, 0.25) is 0 Å². The Balaban J connectivity index is 4.63. The van der Waals surface area contributed by atoms with E-state index >= 15 is 0 Å². The molecule has 10 N–H and O–H groups in total. The van der Waals surface area contributed by atoms with Crippen LogP contribution in [0, 0.1) is 0 Å². The summed E-state index contributed by atoms with van der Waals surface area (Å²) in [5.41, 5.74) is 25.9. The molecule has 0 fully saturated rings. The maximum absolute atomic E-state index is 5.29. The minimum atomic E-state index is -0.0903. The molecular weight excluding hydrogens is 144 g/mol. The summed E-state index contributed by atoms with van der Waals surface area (Å²) in [6.07, 6.45) is 0. The third-order valence-electron chi connectivity index (χ3n) is 0.851. The van der Waals surface area contributed by atoms with E-state index in [0.717, 1.165) is 0 Å². The van der Waals surface area contributed by atoms with Crippen molar-refractivity contribution >= 4 is 5.84 Å². The van der Waals surface area contributed by atoms with E-state index in [-0.39, 0.29) is 23.2 Å². The van der Waals surface area contributed by atoms with Crippen LogP contribution in [0.4, 0.5) is 0 Å². The summed E-state index contributed by atoms with van der Waals surface area (Å²) in [5, 5.41) is 0. The molecule has 0 aromatic heterocycles. The molecule has 0 saturated heterocycles. The van der Waals surface area contributed by atoms with Gasteiger partial charge < -0.3 is 28.7 Å². The lowest BCUT2D eigenvalue weighted by Crippen LogP contribution is -2.28. The molecule has 0 aliphatic carbocycles. The van der Waals surface area contributed by atoms with Crippen molar-refractivity contribution in [2.24, 2.45) is 33.7 Å². The molecule has 0 amide bonds. The second-order valence-corrected chi connectivity index (χ2v) is 1.86. The lowest BCUT2D eigenvalue weighted by Gasteiger charge is -2.01. The molecule has 0 radical (unpaired) electrons. The van der Waals surface area contributed by atoms with Gasteiger partial charge in [-0.25, -0.2) is 4.99 Å². The van der Waals surface area contributed by atoms with Crippen molar-refractivity contribution in [1.29, 1.82) is 0 Å². The van der Waals surface area contributed by atoms with Gasteiger partial charge in [0.2, 0.25) is 0 Å². The summed E-state index contributed by atoms with van der Waals surface area (Å²) < 4.78 is 0. The van der Waals surface area contributed by atoms with E-state index in [0.29, 0.717) is 0 Å². The SMILES string of the molecule is C=C(N)N=C(N)C(N)=C(N)N. The molecule has 0 unspecified atom stereocenters. The van der Waals surface area contributed by atoms with E-state index in [2.05, 4.69) is 11.6 Å². The Hall–Kier alpha value is -1.85. The molecule has 0 bridgehead atoms. The lowest BCUT2D eigenvalue weighted by molar-refractivity contribution is 1.16. The number of aliphatic imine (C=N–C) groups is 1. The molecule has 0 heterocycles. The van der Waals surface area contributed by atoms with E-state index in [1.807, 2.05) is 0 Å². The molecule has 11 heavy (non-hydrogen) atoms. The molecule has 6 heteroatoms. The summed E-state index contributed by atoms with van der Waals surface area (Å²) in [6, 6.07) is 0. The van der Waals surface area contributed by atoms with E-state index in [4.69, 9.17) is 28.7 Å². The minimum Gasteiger partial charge on any atom is -0.393 e. The molecule has 0 saturated carbocycles. The Bertz CT molecular complexity index is 221. The Morgan fingerprint density at radius 2 is 1.45 bits per heavy atom. The molecule has 0 atom stereocenters. The Morgan fingerprint density at radius 3 is 1.73 bits per heavy atom. The number of hydrogen-bond acceptors (Lipinski definition) is 5. The van der Waals surface area contributed by atoms with Gasteiger partial charge in [0.05, 0.1) is 0 Å². The fraction of sp³-hybridized carbons (Fsp3) is 0. The van der Waals surface area contributed by atoms with Gasteiger partial charge in [-0.15, -0.1) is 0 Å². The van der Waals surface area contributed by atoms with Crippen LogP contribution in [-0.2, 0) is 0 Å². The van der Waals surface area contributed by atoms with Gasteiger partial charge in [0, 0.05) is 0 Å². The van der Waals surface area contributed by atoms with E-state index < -0.39 is 0 Å². The largest absolute Gasteiger partial charge is 0.393 e. The third-order valence-corrected chi connectivity index (χ3v) is 0.851. The van der Waals surface area contributed by atoms with Gasteiger partial charge in [0.15, 0.2) is 5.84 Å². The zero-order chi connectivity index (χ0) is 9.02. The zero-order valence-corrected chi connectivity index (χ0v) is 6.04. The van der Waals surface area contributed by atoms with Crippen LogP contribution >= 0.6 is 0 Å². The highest BCUT2D eigenvalue weighted by molar-refractivity contribution is 5.97. The number of nitrogens with two attached hydrogens (primary N) is 5. The summed E-state index contributed by atoms with van der Waals surface area (Å²) in [7, 11) is 0. The highest BCUT2D eigenvalue weighted by Crippen LogP contribution is 1.87. The first-order valence-electron chi connectivity index (χ1n) is 2.74. The average Bonchev–Trinajstić information content (AvgIpc) is 1.84.